The molecule has 0 saturated heterocycles. The molecule has 1 aliphatic carbocycles. The number of ether oxygens (including phenoxy) is 1. The van der Waals surface area contributed by atoms with Crippen LogP contribution in [0.1, 0.15) is 30.9 Å². The molecular formula is C17H14F4N6O. The predicted molar refractivity (Wildman–Crippen MR) is 91.1 cm³/mol. The average Bonchev–Trinajstić information content (AvgIpc) is 3.01. The zero-order valence-corrected chi connectivity index (χ0v) is 14.3. The van der Waals surface area contributed by atoms with Crippen LogP contribution in [0.2, 0.25) is 0 Å². The fraction of sp³-hybridized carbons (Fsp3) is 0.294. The highest BCUT2D eigenvalue weighted by molar-refractivity contribution is 5.90. The number of anilines is 1. The van der Waals surface area contributed by atoms with Gasteiger partial charge in [-0.05, 0) is 25.3 Å². The molecule has 0 saturated carbocycles. The smallest absolute Gasteiger partial charge is 0.416 e. The van der Waals surface area contributed by atoms with Crippen molar-refractivity contribution in [2.24, 2.45) is 0 Å². The molecule has 1 atom stereocenters. The van der Waals surface area contributed by atoms with Gasteiger partial charge in [-0.2, -0.15) is 13.2 Å². The Kier molecular flexibility index (Phi) is 4.36. The van der Waals surface area contributed by atoms with Crippen molar-refractivity contribution in [2.45, 2.75) is 31.5 Å². The highest BCUT2D eigenvalue weighted by Crippen LogP contribution is 2.38. The first-order valence-corrected chi connectivity index (χ1v) is 8.40. The Morgan fingerprint density at radius 3 is 2.79 bits per heavy atom. The maximum absolute atomic E-state index is 14.3. The van der Waals surface area contributed by atoms with Crippen LogP contribution in [-0.2, 0) is 6.18 Å². The fourth-order valence-corrected chi connectivity index (χ4v) is 3.06. The monoisotopic (exact) mass is 394 g/mol. The molecule has 2 N–H and O–H groups in total. The Hall–Kier alpha value is -3.24. The van der Waals surface area contributed by atoms with Crippen molar-refractivity contribution < 1.29 is 22.3 Å². The summed E-state index contributed by atoms with van der Waals surface area (Å²) >= 11 is 0. The number of alkyl halides is 3. The number of rotatable bonds is 3. The highest BCUT2D eigenvalue weighted by Gasteiger charge is 2.31. The number of nitrogens with two attached hydrogens (primary N) is 1. The third-order valence-corrected chi connectivity index (χ3v) is 4.38. The molecule has 0 aliphatic heterocycles. The fourth-order valence-electron chi connectivity index (χ4n) is 3.06. The summed E-state index contributed by atoms with van der Waals surface area (Å²) < 4.78 is 59.9. The molecule has 0 aromatic carbocycles. The molecule has 146 valence electrons. The van der Waals surface area contributed by atoms with Crippen molar-refractivity contribution in [2.75, 3.05) is 5.73 Å². The van der Waals surface area contributed by atoms with Crippen molar-refractivity contribution in [1.29, 1.82) is 0 Å². The number of halogens is 4. The Morgan fingerprint density at radius 2 is 2.04 bits per heavy atom. The van der Waals surface area contributed by atoms with Gasteiger partial charge in [-0.1, -0.05) is 6.08 Å². The highest BCUT2D eigenvalue weighted by atomic mass is 19.4. The minimum atomic E-state index is -4.55. The van der Waals surface area contributed by atoms with Crippen molar-refractivity contribution >= 4 is 16.9 Å². The molecule has 0 radical (unpaired) electrons. The molecule has 4 rings (SSSR count). The van der Waals surface area contributed by atoms with E-state index in [1.165, 1.54) is 17.1 Å². The van der Waals surface area contributed by atoms with Crippen molar-refractivity contribution in [1.82, 2.24) is 24.7 Å². The minimum absolute atomic E-state index is 0.0124. The molecule has 0 fully saturated rings. The quantitative estimate of drug-likeness (QED) is 0.670. The van der Waals surface area contributed by atoms with Crippen LogP contribution in [0.5, 0.6) is 11.8 Å². The summed E-state index contributed by atoms with van der Waals surface area (Å²) in [5, 5.41) is 4.40. The van der Waals surface area contributed by atoms with Crippen molar-refractivity contribution in [3.8, 4) is 11.8 Å². The van der Waals surface area contributed by atoms with E-state index in [1.807, 2.05) is 0 Å². The maximum atomic E-state index is 14.3. The third-order valence-electron chi connectivity index (χ3n) is 4.38. The van der Waals surface area contributed by atoms with Gasteiger partial charge in [0.15, 0.2) is 5.65 Å². The van der Waals surface area contributed by atoms with Gasteiger partial charge in [0.05, 0.1) is 5.56 Å². The number of hydrogen-bond donors (Lipinski definition) is 1. The van der Waals surface area contributed by atoms with E-state index < -0.39 is 17.8 Å². The lowest BCUT2D eigenvalue weighted by atomic mass is 10.0. The normalized spacial score (nSPS) is 17.6. The molecular weight excluding hydrogens is 380 g/mol. The molecule has 3 aromatic heterocycles. The molecule has 0 spiro atoms. The lowest BCUT2D eigenvalue weighted by molar-refractivity contribution is -0.137. The van der Waals surface area contributed by atoms with Crippen LogP contribution < -0.4 is 10.5 Å². The predicted octanol–water partition coefficient (Wildman–Crippen LogP) is 4.19. The standard InChI is InChI=1S/C17H14F4N6O/c18-10-3-1-2-4-11(10)27-15-13(14(22)24-8-25-15)16(26-27)28-12-7-9(5-6-23-12)17(19,20)21/h3,5-8,11H,1-2,4H2,(H2,22,24,25). The molecule has 0 bridgehead atoms. The molecule has 3 heterocycles. The summed E-state index contributed by atoms with van der Waals surface area (Å²) in [6.45, 7) is 0. The van der Waals surface area contributed by atoms with Gasteiger partial charge in [0.2, 0.25) is 5.88 Å². The summed E-state index contributed by atoms with van der Waals surface area (Å²) in [7, 11) is 0. The van der Waals surface area contributed by atoms with Crippen LogP contribution in [0.4, 0.5) is 23.4 Å². The molecule has 1 unspecified atom stereocenters. The third kappa shape index (κ3) is 3.23. The van der Waals surface area contributed by atoms with Crippen LogP contribution in [0.25, 0.3) is 11.0 Å². The van der Waals surface area contributed by atoms with Crippen LogP contribution >= 0.6 is 0 Å². The summed E-state index contributed by atoms with van der Waals surface area (Å²) in [4.78, 5) is 11.8. The number of fused-ring (bicyclic) bond motifs is 1. The van der Waals surface area contributed by atoms with E-state index in [-0.39, 0.29) is 34.4 Å². The van der Waals surface area contributed by atoms with E-state index in [2.05, 4.69) is 20.1 Å². The number of allylic oxidation sites excluding steroid dienone is 2. The van der Waals surface area contributed by atoms with Crippen LogP contribution in [0.3, 0.4) is 0 Å². The Bertz CT molecular complexity index is 1060. The van der Waals surface area contributed by atoms with E-state index in [9.17, 15) is 17.6 Å². The first kappa shape index (κ1) is 18.1. The Morgan fingerprint density at radius 1 is 1.21 bits per heavy atom. The molecule has 28 heavy (non-hydrogen) atoms. The van der Waals surface area contributed by atoms with Gasteiger partial charge in [-0.3, -0.25) is 0 Å². The van der Waals surface area contributed by atoms with E-state index in [4.69, 9.17) is 10.5 Å². The zero-order chi connectivity index (χ0) is 19.9. The summed E-state index contributed by atoms with van der Waals surface area (Å²) in [5.74, 6) is -0.822. The van der Waals surface area contributed by atoms with Crippen molar-refractivity contribution in [3.63, 3.8) is 0 Å². The second-order valence-electron chi connectivity index (χ2n) is 6.23. The van der Waals surface area contributed by atoms with Crippen LogP contribution in [-0.4, -0.2) is 24.7 Å². The Labute approximate surface area is 155 Å². The van der Waals surface area contributed by atoms with Gasteiger partial charge in [0, 0.05) is 12.3 Å². The topological polar surface area (TPSA) is 91.7 Å². The average molecular weight is 394 g/mol. The van der Waals surface area contributed by atoms with Gasteiger partial charge >= 0.3 is 6.18 Å². The second-order valence-corrected chi connectivity index (χ2v) is 6.23. The Balaban J connectivity index is 1.80. The van der Waals surface area contributed by atoms with E-state index >= 15 is 0 Å². The summed E-state index contributed by atoms with van der Waals surface area (Å²) in [6.07, 6.45) is 0.959. The van der Waals surface area contributed by atoms with Gasteiger partial charge in [0.25, 0.3) is 5.88 Å². The number of aromatic nitrogens is 5. The molecule has 3 aromatic rings. The van der Waals surface area contributed by atoms with E-state index in [0.29, 0.717) is 12.8 Å². The number of nitrogens with zero attached hydrogens (tertiary/aromatic N) is 5. The largest absolute Gasteiger partial charge is 0.418 e. The first-order chi connectivity index (χ1) is 13.3. The maximum Gasteiger partial charge on any atom is 0.416 e. The van der Waals surface area contributed by atoms with Crippen LogP contribution in [0, 0.1) is 0 Å². The molecule has 7 nitrogen and oxygen atoms in total. The van der Waals surface area contributed by atoms with E-state index in [1.54, 1.807) is 0 Å². The number of hydrogen-bond acceptors (Lipinski definition) is 6. The number of nitrogen functional groups attached to an aromatic ring is 1. The van der Waals surface area contributed by atoms with E-state index in [0.717, 1.165) is 24.8 Å². The van der Waals surface area contributed by atoms with Gasteiger partial charge in [-0.25, -0.2) is 24.0 Å². The first-order valence-electron chi connectivity index (χ1n) is 8.40. The lowest BCUT2D eigenvalue weighted by Crippen LogP contribution is -2.14. The summed E-state index contributed by atoms with van der Waals surface area (Å²) in [6, 6.07) is 0.868. The molecule has 1 aliphatic rings. The summed E-state index contributed by atoms with van der Waals surface area (Å²) in [5.41, 5.74) is 5.20. The lowest BCUT2D eigenvalue weighted by Gasteiger charge is -2.19. The SMILES string of the molecule is Nc1ncnc2c1c(Oc1cc(C(F)(F)F)ccn1)nn2C1CCCC=C1F. The zero-order valence-electron chi connectivity index (χ0n) is 14.3. The second kappa shape index (κ2) is 6.73. The van der Waals surface area contributed by atoms with Crippen LogP contribution in [0.15, 0.2) is 36.6 Å². The van der Waals surface area contributed by atoms with Gasteiger partial charge in [-0.15, -0.1) is 5.10 Å². The van der Waals surface area contributed by atoms with Gasteiger partial charge in [0.1, 0.15) is 29.4 Å². The minimum Gasteiger partial charge on any atom is -0.418 e. The molecule has 11 heteroatoms. The molecule has 0 amide bonds. The number of pyridine rings is 1. The van der Waals surface area contributed by atoms with Gasteiger partial charge < -0.3 is 10.5 Å². The van der Waals surface area contributed by atoms with Crippen molar-refractivity contribution in [3.05, 3.63) is 42.1 Å².